The van der Waals surface area contributed by atoms with Crippen LogP contribution in [0.3, 0.4) is 0 Å². The van der Waals surface area contributed by atoms with Crippen molar-refractivity contribution in [3.05, 3.63) is 61.5 Å². The summed E-state index contributed by atoms with van der Waals surface area (Å²) in [5, 5.41) is 0. The number of imidazole rings is 1. The molecule has 1 aromatic carbocycles. The van der Waals surface area contributed by atoms with Gasteiger partial charge in [-0.3, -0.25) is 0 Å². The Labute approximate surface area is 90.6 Å². The van der Waals surface area contributed by atoms with Gasteiger partial charge < -0.3 is 4.57 Å². The molecule has 0 amide bonds. The molecule has 1 aromatic heterocycles. The van der Waals surface area contributed by atoms with E-state index in [0.29, 0.717) is 6.04 Å². The lowest BCUT2D eigenvalue weighted by Crippen LogP contribution is -2.08. The Kier molecular flexibility index (Phi) is 3.18. The van der Waals surface area contributed by atoms with E-state index >= 15 is 0 Å². The van der Waals surface area contributed by atoms with Gasteiger partial charge in [0.1, 0.15) is 0 Å². The van der Waals surface area contributed by atoms with Crippen LogP contribution >= 0.6 is 0 Å². The first-order valence-corrected chi connectivity index (χ1v) is 5.23. The van der Waals surface area contributed by atoms with Gasteiger partial charge in [-0.2, -0.15) is 0 Å². The van der Waals surface area contributed by atoms with Crippen LogP contribution in [0.5, 0.6) is 0 Å². The van der Waals surface area contributed by atoms with Crippen molar-refractivity contribution in [1.29, 1.82) is 0 Å². The molecule has 1 atom stereocenters. The first kappa shape index (κ1) is 9.97. The molecule has 2 heteroatoms. The second-order valence-electron chi connectivity index (χ2n) is 3.58. The fourth-order valence-corrected chi connectivity index (χ4v) is 1.81. The van der Waals surface area contributed by atoms with Crippen molar-refractivity contribution >= 4 is 0 Å². The van der Waals surface area contributed by atoms with Gasteiger partial charge in [0, 0.05) is 12.4 Å². The van der Waals surface area contributed by atoms with Crippen LogP contribution < -0.4 is 0 Å². The largest absolute Gasteiger partial charge is 0.330 e. The summed E-state index contributed by atoms with van der Waals surface area (Å²) in [6.07, 6.45) is 7.66. The van der Waals surface area contributed by atoms with Crippen molar-refractivity contribution < 1.29 is 0 Å². The number of hydrogen-bond donors (Lipinski definition) is 0. The van der Waals surface area contributed by atoms with Crippen molar-refractivity contribution in [2.45, 2.75) is 18.9 Å². The van der Waals surface area contributed by atoms with Crippen LogP contribution in [0.1, 0.15) is 24.4 Å². The Morgan fingerprint density at radius 1 is 1.27 bits per heavy atom. The molecule has 15 heavy (non-hydrogen) atoms. The van der Waals surface area contributed by atoms with E-state index in [1.54, 1.807) is 0 Å². The predicted molar refractivity (Wildman–Crippen MR) is 61.4 cm³/mol. The van der Waals surface area contributed by atoms with Gasteiger partial charge in [0.05, 0.1) is 12.4 Å². The zero-order valence-electron chi connectivity index (χ0n) is 8.71. The molecule has 0 saturated carbocycles. The minimum atomic E-state index is 0.367. The molecular formula is C13H15N2. The van der Waals surface area contributed by atoms with Crippen LogP contribution in [0.25, 0.3) is 0 Å². The summed E-state index contributed by atoms with van der Waals surface area (Å²) < 4.78 is 2.14. The lowest BCUT2D eigenvalue weighted by atomic mass is 10.0. The monoisotopic (exact) mass is 199 g/mol. The lowest BCUT2D eigenvalue weighted by molar-refractivity contribution is 0.544. The second kappa shape index (κ2) is 4.78. The minimum Gasteiger partial charge on any atom is -0.330 e. The predicted octanol–water partition coefficient (Wildman–Crippen LogP) is 3.09. The highest BCUT2D eigenvalue weighted by atomic mass is 15.0. The molecule has 77 valence electrons. The summed E-state index contributed by atoms with van der Waals surface area (Å²) in [6, 6.07) is 10.9. The number of benzene rings is 1. The topological polar surface area (TPSA) is 17.8 Å². The molecule has 1 unspecified atom stereocenters. The molecular weight excluding hydrogens is 184 g/mol. The zero-order chi connectivity index (χ0) is 10.5. The standard InChI is InChI=1S/C13H15N2/c1-2-6-13(15-10-9-14-11-15)12-7-4-3-5-8-12/h3-5,7-11,13H,1-2,6H2. The van der Waals surface area contributed by atoms with Gasteiger partial charge >= 0.3 is 0 Å². The van der Waals surface area contributed by atoms with Crippen LogP contribution in [0, 0.1) is 6.92 Å². The average Bonchev–Trinajstić information content (AvgIpc) is 2.80. The van der Waals surface area contributed by atoms with Gasteiger partial charge in [0.25, 0.3) is 0 Å². The Morgan fingerprint density at radius 3 is 2.67 bits per heavy atom. The molecule has 0 bridgehead atoms. The number of rotatable bonds is 4. The van der Waals surface area contributed by atoms with E-state index in [4.69, 9.17) is 0 Å². The van der Waals surface area contributed by atoms with Crippen LogP contribution in [0.4, 0.5) is 0 Å². The Hall–Kier alpha value is -1.57. The summed E-state index contributed by atoms with van der Waals surface area (Å²) in [5.74, 6) is 0. The van der Waals surface area contributed by atoms with E-state index in [-0.39, 0.29) is 0 Å². The highest BCUT2D eigenvalue weighted by molar-refractivity contribution is 5.19. The minimum absolute atomic E-state index is 0.367. The smallest absolute Gasteiger partial charge is 0.0951 e. The highest BCUT2D eigenvalue weighted by Crippen LogP contribution is 2.22. The van der Waals surface area contributed by atoms with Gasteiger partial charge in [0.2, 0.25) is 0 Å². The van der Waals surface area contributed by atoms with Gasteiger partial charge in [-0.05, 0) is 12.0 Å². The Bertz CT molecular complexity index is 378. The maximum atomic E-state index is 4.09. The summed E-state index contributed by atoms with van der Waals surface area (Å²) in [7, 11) is 0. The van der Waals surface area contributed by atoms with E-state index in [9.17, 15) is 0 Å². The van der Waals surface area contributed by atoms with E-state index < -0.39 is 0 Å². The van der Waals surface area contributed by atoms with Crippen molar-refractivity contribution in [3.63, 3.8) is 0 Å². The van der Waals surface area contributed by atoms with Crippen LogP contribution in [-0.2, 0) is 0 Å². The van der Waals surface area contributed by atoms with E-state index in [1.165, 1.54) is 5.56 Å². The molecule has 0 saturated heterocycles. The van der Waals surface area contributed by atoms with E-state index in [0.717, 1.165) is 12.8 Å². The summed E-state index contributed by atoms with van der Waals surface area (Å²) in [4.78, 5) is 4.09. The summed E-state index contributed by atoms with van der Waals surface area (Å²) in [5.41, 5.74) is 1.32. The lowest BCUT2D eigenvalue weighted by Gasteiger charge is -2.17. The number of nitrogens with zero attached hydrogens (tertiary/aromatic N) is 2. The molecule has 1 radical (unpaired) electrons. The van der Waals surface area contributed by atoms with Crippen LogP contribution in [0.15, 0.2) is 49.1 Å². The summed E-state index contributed by atoms with van der Waals surface area (Å²) >= 11 is 0. The molecule has 2 rings (SSSR count). The van der Waals surface area contributed by atoms with Crippen LogP contribution in [0.2, 0.25) is 0 Å². The van der Waals surface area contributed by atoms with Crippen molar-refractivity contribution in [2.24, 2.45) is 0 Å². The second-order valence-corrected chi connectivity index (χ2v) is 3.58. The van der Waals surface area contributed by atoms with E-state index in [2.05, 4.69) is 40.7 Å². The Morgan fingerprint density at radius 2 is 2.07 bits per heavy atom. The quantitative estimate of drug-likeness (QED) is 0.740. The normalized spacial score (nSPS) is 12.6. The van der Waals surface area contributed by atoms with Gasteiger partial charge in [-0.25, -0.2) is 4.98 Å². The average molecular weight is 199 g/mol. The molecule has 0 aliphatic heterocycles. The highest BCUT2D eigenvalue weighted by Gasteiger charge is 2.10. The third kappa shape index (κ3) is 2.27. The number of aromatic nitrogens is 2. The summed E-state index contributed by atoms with van der Waals surface area (Å²) in [6.45, 7) is 3.93. The maximum absolute atomic E-state index is 4.09. The van der Waals surface area contributed by atoms with Gasteiger partial charge in [-0.15, -0.1) is 0 Å². The third-order valence-electron chi connectivity index (χ3n) is 2.55. The molecule has 0 aliphatic rings. The van der Waals surface area contributed by atoms with E-state index in [1.807, 2.05) is 24.8 Å². The zero-order valence-corrected chi connectivity index (χ0v) is 8.71. The first-order valence-electron chi connectivity index (χ1n) is 5.23. The van der Waals surface area contributed by atoms with Crippen molar-refractivity contribution in [2.75, 3.05) is 0 Å². The van der Waals surface area contributed by atoms with Gasteiger partial charge in [-0.1, -0.05) is 43.7 Å². The molecule has 0 fully saturated rings. The van der Waals surface area contributed by atoms with Gasteiger partial charge in [0.15, 0.2) is 0 Å². The fraction of sp³-hybridized carbons (Fsp3) is 0.231. The molecule has 2 nitrogen and oxygen atoms in total. The molecule has 0 aliphatic carbocycles. The maximum Gasteiger partial charge on any atom is 0.0951 e. The fourth-order valence-electron chi connectivity index (χ4n) is 1.81. The van der Waals surface area contributed by atoms with Crippen molar-refractivity contribution in [1.82, 2.24) is 9.55 Å². The molecule has 0 N–H and O–H groups in total. The van der Waals surface area contributed by atoms with Crippen molar-refractivity contribution in [3.8, 4) is 0 Å². The Balaban J connectivity index is 2.28. The molecule has 2 aromatic rings. The third-order valence-corrected chi connectivity index (χ3v) is 2.55. The number of hydrogen-bond acceptors (Lipinski definition) is 1. The first-order chi connectivity index (χ1) is 7.42. The molecule has 1 heterocycles. The SMILES string of the molecule is [CH2]CCC(c1ccccc1)n1ccnc1. The molecule has 0 spiro atoms. The van der Waals surface area contributed by atoms with Crippen LogP contribution in [-0.4, -0.2) is 9.55 Å².